The largest absolute Gasteiger partial charge is 0.409 e. The van der Waals surface area contributed by atoms with E-state index in [-0.39, 0.29) is 11.7 Å². The molecule has 0 radical (unpaired) electrons. The van der Waals surface area contributed by atoms with E-state index in [1.807, 2.05) is 12.1 Å². The molecule has 0 aliphatic rings. The summed E-state index contributed by atoms with van der Waals surface area (Å²) in [5, 5.41) is 14.2. The molecule has 1 aromatic carbocycles. The quantitative estimate of drug-likeness (QED) is 0.257. The number of rotatable bonds is 3. The van der Waals surface area contributed by atoms with Crippen molar-refractivity contribution in [3.63, 3.8) is 0 Å². The molecule has 92 valence electrons. The first-order valence-electron chi connectivity index (χ1n) is 4.93. The lowest BCUT2D eigenvalue weighted by atomic mass is 9.91. The minimum atomic E-state index is -1.06. The molecule has 0 spiro atoms. The van der Waals surface area contributed by atoms with E-state index in [0.29, 0.717) is 5.69 Å². The zero-order valence-corrected chi connectivity index (χ0v) is 11.7. The van der Waals surface area contributed by atoms with Gasteiger partial charge in [0.1, 0.15) is 5.41 Å². The lowest BCUT2D eigenvalue weighted by Crippen LogP contribution is -2.42. The number of carbonyl (C=O) groups is 1. The van der Waals surface area contributed by atoms with Gasteiger partial charge in [0.05, 0.1) is 0 Å². The van der Waals surface area contributed by atoms with Gasteiger partial charge in [-0.3, -0.25) is 4.79 Å². The third-order valence-corrected chi connectivity index (χ3v) is 3.14. The summed E-state index contributed by atoms with van der Waals surface area (Å²) in [6, 6.07) is 7.35. The summed E-state index contributed by atoms with van der Waals surface area (Å²) in [5.74, 6) is -0.450. The van der Waals surface area contributed by atoms with Crippen LogP contribution in [0.15, 0.2) is 29.4 Å². The molecule has 6 heteroatoms. The second kappa shape index (κ2) is 5.35. The minimum absolute atomic E-state index is 0.125. The average molecular weight is 347 g/mol. The number of nitrogens with zero attached hydrogens (tertiary/aromatic N) is 1. The van der Waals surface area contributed by atoms with Crippen LogP contribution < -0.4 is 11.1 Å². The summed E-state index contributed by atoms with van der Waals surface area (Å²) in [7, 11) is 0. The molecule has 0 unspecified atom stereocenters. The number of amidine groups is 1. The summed E-state index contributed by atoms with van der Waals surface area (Å²) in [4.78, 5) is 11.9. The second-order valence-electron chi connectivity index (χ2n) is 4.07. The smallest absolute Gasteiger partial charge is 0.237 e. The van der Waals surface area contributed by atoms with Gasteiger partial charge in [-0.25, -0.2) is 0 Å². The molecule has 1 amide bonds. The predicted octanol–water partition coefficient (Wildman–Crippen LogP) is 2.00. The van der Waals surface area contributed by atoms with Gasteiger partial charge in [-0.1, -0.05) is 5.16 Å². The molecule has 0 heterocycles. The predicted molar refractivity (Wildman–Crippen MR) is 75.0 cm³/mol. The highest BCUT2D eigenvalue weighted by Gasteiger charge is 2.32. The van der Waals surface area contributed by atoms with Crippen LogP contribution in [0.1, 0.15) is 13.8 Å². The van der Waals surface area contributed by atoms with Crippen molar-refractivity contribution in [2.24, 2.45) is 16.3 Å². The monoisotopic (exact) mass is 347 g/mol. The number of nitrogens with one attached hydrogen (secondary N) is 1. The number of anilines is 1. The lowest BCUT2D eigenvalue weighted by molar-refractivity contribution is -0.121. The number of amides is 1. The summed E-state index contributed by atoms with van der Waals surface area (Å²) in [6.45, 7) is 3.17. The van der Waals surface area contributed by atoms with E-state index in [0.717, 1.165) is 3.57 Å². The van der Waals surface area contributed by atoms with Gasteiger partial charge in [0.25, 0.3) is 0 Å². The van der Waals surface area contributed by atoms with Crippen LogP contribution >= 0.6 is 22.6 Å². The van der Waals surface area contributed by atoms with Crippen molar-refractivity contribution < 1.29 is 10.0 Å². The first-order chi connectivity index (χ1) is 7.87. The van der Waals surface area contributed by atoms with Crippen molar-refractivity contribution in [3.05, 3.63) is 27.8 Å². The SMILES string of the molecule is CC(C)(C(=O)Nc1ccc(I)cc1)C(N)=NO. The number of nitrogens with two attached hydrogens (primary N) is 1. The van der Waals surface area contributed by atoms with Gasteiger partial charge in [-0.15, -0.1) is 0 Å². The minimum Gasteiger partial charge on any atom is -0.409 e. The summed E-state index contributed by atoms with van der Waals surface area (Å²) in [5.41, 5.74) is 5.08. The maximum absolute atomic E-state index is 11.9. The zero-order chi connectivity index (χ0) is 13.1. The van der Waals surface area contributed by atoms with Crippen molar-refractivity contribution in [1.82, 2.24) is 0 Å². The second-order valence-corrected chi connectivity index (χ2v) is 5.32. The van der Waals surface area contributed by atoms with E-state index >= 15 is 0 Å². The molecular weight excluding hydrogens is 333 g/mol. The van der Waals surface area contributed by atoms with Crippen LogP contribution in [-0.2, 0) is 4.79 Å². The molecule has 17 heavy (non-hydrogen) atoms. The Balaban J connectivity index is 2.82. The summed E-state index contributed by atoms with van der Waals surface area (Å²) >= 11 is 2.18. The molecule has 4 N–H and O–H groups in total. The Morgan fingerprint density at radius 3 is 2.41 bits per heavy atom. The normalized spacial score (nSPS) is 12.3. The molecular formula is C11H14IN3O2. The van der Waals surface area contributed by atoms with Gasteiger partial charge in [0.2, 0.25) is 5.91 Å². The molecule has 1 aromatic rings. The maximum atomic E-state index is 11.9. The van der Waals surface area contributed by atoms with E-state index in [1.165, 1.54) is 0 Å². The Hall–Kier alpha value is -1.31. The number of hydrogen-bond acceptors (Lipinski definition) is 3. The van der Waals surface area contributed by atoms with E-state index in [2.05, 4.69) is 33.1 Å². The topological polar surface area (TPSA) is 87.7 Å². The van der Waals surface area contributed by atoms with E-state index in [4.69, 9.17) is 10.9 Å². The van der Waals surface area contributed by atoms with Gasteiger partial charge in [-0.05, 0) is 60.7 Å². The standard InChI is InChI=1S/C11H14IN3O2/c1-11(2,9(13)15-17)10(16)14-8-5-3-7(12)4-6-8/h3-6,17H,1-2H3,(H2,13,15)(H,14,16). The highest BCUT2D eigenvalue weighted by molar-refractivity contribution is 14.1. The third-order valence-electron chi connectivity index (χ3n) is 2.42. The number of halogens is 1. The molecule has 0 aliphatic heterocycles. The van der Waals surface area contributed by atoms with Crippen molar-refractivity contribution in [2.45, 2.75) is 13.8 Å². The summed E-state index contributed by atoms with van der Waals surface area (Å²) < 4.78 is 1.08. The Morgan fingerprint density at radius 1 is 1.41 bits per heavy atom. The Kier molecular flexibility index (Phi) is 4.33. The van der Waals surface area contributed by atoms with Crippen LogP contribution in [0.4, 0.5) is 5.69 Å². The molecule has 0 saturated carbocycles. The van der Waals surface area contributed by atoms with E-state index in [9.17, 15) is 4.79 Å². The third kappa shape index (κ3) is 3.32. The van der Waals surface area contributed by atoms with Crippen LogP contribution in [0.2, 0.25) is 0 Å². The molecule has 0 saturated heterocycles. The molecule has 0 fully saturated rings. The van der Waals surface area contributed by atoms with Crippen molar-refractivity contribution >= 4 is 40.0 Å². The van der Waals surface area contributed by atoms with E-state index in [1.54, 1.807) is 26.0 Å². The fraction of sp³-hybridized carbons (Fsp3) is 0.273. The summed E-state index contributed by atoms with van der Waals surface area (Å²) in [6.07, 6.45) is 0. The van der Waals surface area contributed by atoms with Crippen LogP contribution in [-0.4, -0.2) is 17.0 Å². The van der Waals surface area contributed by atoms with Crippen LogP contribution in [0, 0.1) is 8.99 Å². The first-order valence-corrected chi connectivity index (χ1v) is 6.01. The van der Waals surface area contributed by atoms with Gasteiger partial charge < -0.3 is 16.3 Å². The molecule has 0 aliphatic carbocycles. The number of carbonyl (C=O) groups excluding carboxylic acids is 1. The van der Waals surface area contributed by atoms with Gasteiger partial charge in [0, 0.05) is 9.26 Å². The van der Waals surface area contributed by atoms with Crippen LogP contribution in [0.25, 0.3) is 0 Å². The maximum Gasteiger partial charge on any atom is 0.237 e. The first kappa shape index (κ1) is 13.8. The lowest BCUT2D eigenvalue weighted by Gasteiger charge is -2.21. The van der Waals surface area contributed by atoms with Crippen LogP contribution in [0.3, 0.4) is 0 Å². The van der Waals surface area contributed by atoms with Gasteiger partial charge in [-0.2, -0.15) is 0 Å². The molecule has 5 nitrogen and oxygen atoms in total. The average Bonchev–Trinajstić information content (AvgIpc) is 2.30. The number of benzene rings is 1. The van der Waals surface area contributed by atoms with Crippen molar-refractivity contribution in [3.8, 4) is 0 Å². The fourth-order valence-corrected chi connectivity index (χ4v) is 1.42. The molecule has 1 rings (SSSR count). The molecule has 0 bridgehead atoms. The van der Waals surface area contributed by atoms with E-state index < -0.39 is 5.41 Å². The fourth-order valence-electron chi connectivity index (χ4n) is 1.06. The van der Waals surface area contributed by atoms with Gasteiger partial charge >= 0.3 is 0 Å². The van der Waals surface area contributed by atoms with Crippen molar-refractivity contribution in [2.75, 3.05) is 5.32 Å². The highest BCUT2D eigenvalue weighted by atomic mass is 127. The van der Waals surface area contributed by atoms with Gasteiger partial charge in [0.15, 0.2) is 5.84 Å². The number of oxime groups is 1. The molecule has 0 atom stereocenters. The Bertz CT molecular complexity index is 441. The number of hydrogen-bond donors (Lipinski definition) is 3. The van der Waals surface area contributed by atoms with Crippen molar-refractivity contribution in [1.29, 1.82) is 0 Å². The molecule has 0 aromatic heterocycles. The Labute approximate surface area is 113 Å². The zero-order valence-electron chi connectivity index (χ0n) is 9.57. The highest BCUT2D eigenvalue weighted by Crippen LogP contribution is 2.19. The Morgan fingerprint density at radius 2 is 1.94 bits per heavy atom. The van der Waals surface area contributed by atoms with Crippen LogP contribution in [0.5, 0.6) is 0 Å².